The summed E-state index contributed by atoms with van der Waals surface area (Å²) in [7, 11) is 1.68. The first-order chi connectivity index (χ1) is 11.4. The molecule has 0 aliphatic carbocycles. The van der Waals surface area contributed by atoms with Crippen LogP contribution in [0.15, 0.2) is 18.2 Å². The molecule has 132 valence electrons. The molecule has 0 aromatic heterocycles. The lowest BCUT2D eigenvalue weighted by molar-refractivity contribution is -0.138. The van der Waals surface area contributed by atoms with Crippen molar-refractivity contribution in [1.29, 1.82) is 0 Å². The van der Waals surface area contributed by atoms with E-state index in [0.717, 1.165) is 30.8 Å². The lowest BCUT2D eigenvalue weighted by Crippen LogP contribution is -2.47. The van der Waals surface area contributed by atoms with Crippen molar-refractivity contribution < 1.29 is 19.0 Å². The van der Waals surface area contributed by atoms with Crippen LogP contribution < -0.4 is 10.1 Å². The van der Waals surface area contributed by atoms with Gasteiger partial charge in [0.25, 0.3) is 0 Å². The molecule has 0 spiro atoms. The number of methoxy groups -OCH3 is 1. The Morgan fingerprint density at radius 1 is 1.42 bits per heavy atom. The highest BCUT2D eigenvalue weighted by Gasteiger charge is 2.33. The van der Waals surface area contributed by atoms with Gasteiger partial charge in [-0.3, -0.25) is 9.69 Å². The van der Waals surface area contributed by atoms with Crippen molar-refractivity contribution in [2.24, 2.45) is 0 Å². The van der Waals surface area contributed by atoms with Gasteiger partial charge in [-0.25, -0.2) is 0 Å². The summed E-state index contributed by atoms with van der Waals surface area (Å²) in [6, 6.07) is 6.21. The topological polar surface area (TPSA) is 60.0 Å². The molecule has 6 nitrogen and oxygen atoms in total. The van der Waals surface area contributed by atoms with E-state index in [0.29, 0.717) is 19.7 Å². The molecule has 2 saturated heterocycles. The van der Waals surface area contributed by atoms with Crippen LogP contribution in [0.5, 0.6) is 5.75 Å². The van der Waals surface area contributed by atoms with Crippen molar-refractivity contribution in [3.05, 3.63) is 29.3 Å². The number of carbonyl (C=O) groups excluding carboxylic acids is 1. The van der Waals surface area contributed by atoms with Gasteiger partial charge in [0.2, 0.25) is 5.91 Å². The van der Waals surface area contributed by atoms with Crippen LogP contribution in [0.1, 0.15) is 25.0 Å². The van der Waals surface area contributed by atoms with Crippen LogP contribution in [0.2, 0.25) is 0 Å². The molecule has 1 unspecified atom stereocenters. The molecule has 1 amide bonds. The molecule has 1 aromatic rings. The molecule has 0 radical (unpaired) electrons. The summed E-state index contributed by atoms with van der Waals surface area (Å²) in [5, 5.41) is 2.85. The summed E-state index contributed by atoms with van der Waals surface area (Å²) in [5.74, 6) is 0.439. The third kappa shape index (κ3) is 4.26. The first kappa shape index (κ1) is 17.2. The lowest BCUT2D eigenvalue weighted by atomic mass is 10.0. The quantitative estimate of drug-likeness (QED) is 0.880. The summed E-state index contributed by atoms with van der Waals surface area (Å²) in [5.41, 5.74) is 2.29. The average Bonchev–Trinajstić information content (AvgIpc) is 2.86. The summed E-state index contributed by atoms with van der Waals surface area (Å²) < 4.78 is 17.1. The Bertz CT molecular complexity index is 603. The van der Waals surface area contributed by atoms with Crippen LogP contribution in [0, 0.1) is 0 Å². The molecular formula is C18H26N2O4. The van der Waals surface area contributed by atoms with Crippen LogP contribution in [0.3, 0.4) is 0 Å². The van der Waals surface area contributed by atoms with Crippen LogP contribution >= 0.6 is 0 Å². The van der Waals surface area contributed by atoms with Gasteiger partial charge in [0.1, 0.15) is 5.75 Å². The summed E-state index contributed by atoms with van der Waals surface area (Å²) in [6.45, 7) is 7.26. The molecule has 1 N–H and O–H groups in total. The van der Waals surface area contributed by atoms with Crippen molar-refractivity contribution in [3.8, 4) is 5.75 Å². The van der Waals surface area contributed by atoms with Gasteiger partial charge in [0, 0.05) is 26.1 Å². The van der Waals surface area contributed by atoms with Crippen molar-refractivity contribution >= 4 is 5.91 Å². The Hall–Kier alpha value is -1.63. The first-order valence-electron chi connectivity index (χ1n) is 8.42. The zero-order chi connectivity index (χ0) is 17.2. The second kappa shape index (κ2) is 7.09. The van der Waals surface area contributed by atoms with Gasteiger partial charge < -0.3 is 19.5 Å². The molecule has 2 aliphatic rings. The molecule has 2 fully saturated rings. The Morgan fingerprint density at radius 3 is 2.92 bits per heavy atom. The molecule has 0 bridgehead atoms. The van der Waals surface area contributed by atoms with E-state index in [4.69, 9.17) is 14.2 Å². The van der Waals surface area contributed by atoms with Gasteiger partial charge in [0.15, 0.2) is 5.79 Å². The van der Waals surface area contributed by atoms with E-state index in [1.54, 1.807) is 7.11 Å². The molecule has 3 rings (SSSR count). The SMILES string of the molecule is COc1ccc(CN2CCNC(=O)C2)cc1CC1COC(C)(C)O1. The van der Waals surface area contributed by atoms with E-state index in [1.165, 1.54) is 5.56 Å². The summed E-state index contributed by atoms with van der Waals surface area (Å²) in [6.07, 6.45) is 0.783. The van der Waals surface area contributed by atoms with Crippen molar-refractivity contribution in [1.82, 2.24) is 10.2 Å². The van der Waals surface area contributed by atoms with E-state index in [1.807, 2.05) is 19.9 Å². The minimum absolute atomic E-state index is 0.0323. The van der Waals surface area contributed by atoms with Crippen molar-refractivity contribution in [2.45, 2.75) is 38.7 Å². The Labute approximate surface area is 143 Å². The number of rotatable bonds is 5. The van der Waals surface area contributed by atoms with Gasteiger partial charge in [-0.2, -0.15) is 0 Å². The average molecular weight is 334 g/mol. The van der Waals surface area contributed by atoms with Crippen LogP contribution in [-0.4, -0.2) is 56.0 Å². The third-order valence-corrected chi connectivity index (χ3v) is 4.38. The molecule has 2 heterocycles. The zero-order valence-corrected chi connectivity index (χ0v) is 14.6. The molecule has 0 saturated carbocycles. The minimum atomic E-state index is -0.517. The molecule has 24 heavy (non-hydrogen) atoms. The van der Waals surface area contributed by atoms with E-state index in [2.05, 4.69) is 22.3 Å². The summed E-state index contributed by atoms with van der Waals surface area (Å²) in [4.78, 5) is 13.7. The number of hydrogen-bond acceptors (Lipinski definition) is 5. The fraction of sp³-hybridized carbons (Fsp3) is 0.611. The predicted octanol–water partition coefficient (Wildman–Crippen LogP) is 1.32. The number of ether oxygens (including phenoxy) is 3. The molecule has 2 aliphatic heterocycles. The Balaban J connectivity index is 1.69. The van der Waals surface area contributed by atoms with Crippen molar-refractivity contribution in [2.75, 3.05) is 33.4 Å². The lowest BCUT2D eigenvalue weighted by Gasteiger charge is -2.26. The van der Waals surface area contributed by atoms with Gasteiger partial charge in [-0.05, 0) is 31.0 Å². The van der Waals surface area contributed by atoms with Crippen molar-refractivity contribution in [3.63, 3.8) is 0 Å². The Kier molecular flexibility index (Phi) is 5.08. The second-order valence-corrected chi connectivity index (χ2v) is 6.86. The fourth-order valence-corrected chi connectivity index (χ4v) is 3.28. The highest BCUT2D eigenvalue weighted by molar-refractivity contribution is 5.78. The molecule has 6 heteroatoms. The monoisotopic (exact) mass is 334 g/mol. The summed E-state index contributed by atoms with van der Waals surface area (Å²) >= 11 is 0. The van der Waals surface area contributed by atoms with Crippen LogP contribution in [0.25, 0.3) is 0 Å². The molecular weight excluding hydrogens is 308 g/mol. The number of nitrogens with zero attached hydrogens (tertiary/aromatic N) is 1. The van der Waals surface area contributed by atoms with Gasteiger partial charge in [-0.15, -0.1) is 0 Å². The number of carbonyl (C=O) groups is 1. The highest BCUT2D eigenvalue weighted by atomic mass is 16.7. The van der Waals surface area contributed by atoms with Gasteiger partial charge in [0.05, 0.1) is 26.4 Å². The number of benzene rings is 1. The largest absolute Gasteiger partial charge is 0.496 e. The number of nitrogens with one attached hydrogen (secondary N) is 1. The minimum Gasteiger partial charge on any atom is -0.496 e. The Morgan fingerprint density at radius 2 is 2.25 bits per heavy atom. The normalized spacial score (nSPS) is 24.0. The number of amides is 1. The number of piperazine rings is 1. The third-order valence-electron chi connectivity index (χ3n) is 4.38. The molecule has 1 aromatic carbocycles. The smallest absolute Gasteiger partial charge is 0.234 e. The number of hydrogen-bond donors (Lipinski definition) is 1. The van der Waals surface area contributed by atoms with E-state index < -0.39 is 5.79 Å². The predicted molar refractivity (Wildman–Crippen MR) is 89.9 cm³/mol. The fourth-order valence-electron chi connectivity index (χ4n) is 3.28. The van der Waals surface area contributed by atoms with Gasteiger partial charge >= 0.3 is 0 Å². The van der Waals surface area contributed by atoms with Crippen LogP contribution in [0.4, 0.5) is 0 Å². The van der Waals surface area contributed by atoms with Gasteiger partial charge in [-0.1, -0.05) is 12.1 Å². The maximum Gasteiger partial charge on any atom is 0.234 e. The van der Waals surface area contributed by atoms with E-state index in [-0.39, 0.29) is 12.0 Å². The van der Waals surface area contributed by atoms with E-state index >= 15 is 0 Å². The first-order valence-corrected chi connectivity index (χ1v) is 8.42. The van der Waals surface area contributed by atoms with Crippen LogP contribution in [-0.2, 0) is 27.2 Å². The maximum atomic E-state index is 11.5. The van der Waals surface area contributed by atoms with E-state index in [9.17, 15) is 4.79 Å². The maximum absolute atomic E-state index is 11.5. The molecule has 1 atom stereocenters. The standard InChI is InChI=1S/C18H26N2O4/c1-18(2)23-12-15(24-18)9-14-8-13(4-5-16(14)22-3)10-20-7-6-19-17(21)11-20/h4-5,8,15H,6-7,9-12H2,1-3H3,(H,19,21). The zero-order valence-electron chi connectivity index (χ0n) is 14.6. The second-order valence-electron chi connectivity index (χ2n) is 6.86. The highest BCUT2D eigenvalue weighted by Crippen LogP contribution is 2.28.